The molecule has 6 atom stereocenters. The lowest BCUT2D eigenvalue weighted by atomic mass is 9.48. The standard InChI is InChI=1S/C39H48N2O3/c1-2-24-41-25-23-38-35-31-19-20-33(42)36(35)44-37(38)32(21-22-39(38,43)34(41)26-31)40-27-30(18-17-29-13-7-4-8-14-29)16-10-9-15-28-11-5-3-6-12-28/h2-8,11-14,19-20,30,32,34,37,40,42-43H,1,9-10,15-18,21-27H2/t30?,32?,34-,37?,38+,39-/m1/s1. The van der Waals surface area contributed by atoms with E-state index in [0.29, 0.717) is 11.7 Å². The van der Waals surface area contributed by atoms with Gasteiger partial charge in [-0.1, -0.05) is 79.2 Å². The summed E-state index contributed by atoms with van der Waals surface area (Å²) in [6.07, 6.45) is 12.0. The van der Waals surface area contributed by atoms with Crippen LogP contribution in [-0.4, -0.2) is 58.5 Å². The van der Waals surface area contributed by atoms with Crippen LogP contribution < -0.4 is 10.1 Å². The molecule has 1 spiro atoms. The third kappa shape index (κ3) is 5.07. The van der Waals surface area contributed by atoms with Gasteiger partial charge in [0.2, 0.25) is 0 Å². The molecule has 3 aromatic rings. The van der Waals surface area contributed by atoms with E-state index in [0.717, 1.165) is 70.1 Å². The van der Waals surface area contributed by atoms with Gasteiger partial charge in [0.05, 0.1) is 11.0 Å². The second kappa shape index (κ2) is 12.3. The molecule has 3 N–H and O–H groups in total. The van der Waals surface area contributed by atoms with Crippen molar-refractivity contribution in [1.29, 1.82) is 0 Å². The Morgan fingerprint density at radius 3 is 2.45 bits per heavy atom. The molecule has 4 aliphatic rings. The number of benzene rings is 3. The fourth-order valence-corrected chi connectivity index (χ4v) is 9.31. The normalized spacial score (nSPS) is 29.1. The fourth-order valence-electron chi connectivity index (χ4n) is 9.31. The van der Waals surface area contributed by atoms with Gasteiger partial charge in [-0.3, -0.25) is 4.90 Å². The molecule has 2 aliphatic heterocycles. The largest absolute Gasteiger partial charge is 0.504 e. The van der Waals surface area contributed by atoms with Crippen molar-refractivity contribution in [2.45, 2.75) is 93.4 Å². The van der Waals surface area contributed by atoms with E-state index in [1.165, 1.54) is 36.0 Å². The molecule has 7 rings (SSSR count). The summed E-state index contributed by atoms with van der Waals surface area (Å²) in [4.78, 5) is 2.42. The maximum Gasteiger partial charge on any atom is 0.165 e. The summed E-state index contributed by atoms with van der Waals surface area (Å²) in [7, 11) is 0. The van der Waals surface area contributed by atoms with Crippen LogP contribution in [-0.2, 0) is 24.7 Å². The molecule has 2 bridgehead atoms. The van der Waals surface area contributed by atoms with Crippen molar-refractivity contribution >= 4 is 0 Å². The van der Waals surface area contributed by atoms with E-state index in [-0.39, 0.29) is 23.9 Å². The van der Waals surface area contributed by atoms with Crippen LogP contribution in [0.25, 0.3) is 0 Å². The number of phenols is 1. The van der Waals surface area contributed by atoms with Crippen LogP contribution in [0.4, 0.5) is 0 Å². The van der Waals surface area contributed by atoms with E-state index < -0.39 is 11.0 Å². The van der Waals surface area contributed by atoms with Gasteiger partial charge in [0.25, 0.3) is 0 Å². The number of nitrogens with one attached hydrogen (secondary N) is 1. The SMILES string of the molecule is C=CCN1CC[C@]23c4c5ccc(O)c4OC2C(NCC(CCCCc2ccccc2)CCc2ccccc2)CC[C@@]3(O)[C@H]1C5. The number of hydrogen-bond donors (Lipinski definition) is 3. The predicted octanol–water partition coefficient (Wildman–Crippen LogP) is 6.35. The van der Waals surface area contributed by atoms with Crippen LogP contribution in [0.15, 0.2) is 85.5 Å². The van der Waals surface area contributed by atoms with Crippen LogP contribution in [0.5, 0.6) is 11.5 Å². The molecule has 44 heavy (non-hydrogen) atoms. The van der Waals surface area contributed by atoms with Crippen LogP contribution in [0, 0.1) is 5.92 Å². The number of piperidine rings is 1. The number of aromatic hydroxyl groups is 1. The molecule has 0 aromatic heterocycles. The number of hydrogen-bond acceptors (Lipinski definition) is 5. The molecule has 0 amide bonds. The van der Waals surface area contributed by atoms with Crippen LogP contribution >= 0.6 is 0 Å². The summed E-state index contributed by atoms with van der Waals surface area (Å²) >= 11 is 0. The number of aliphatic hydroxyl groups is 1. The topological polar surface area (TPSA) is 65.0 Å². The number of aryl methyl sites for hydroxylation is 2. The van der Waals surface area contributed by atoms with E-state index in [2.05, 4.69) is 83.5 Å². The minimum Gasteiger partial charge on any atom is -0.504 e. The second-order valence-electron chi connectivity index (χ2n) is 13.8. The lowest BCUT2D eigenvalue weighted by Crippen LogP contribution is -2.78. The van der Waals surface area contributed by atoms with Crippen molar-refractivity contribution in [3.05, 3.63) is 108 Å². The third-order valence-corrected chi connectivity index (χ3v) is 11.5. The molecule has 232 valence electrons. The third-order valence-electron chi connectivity index (χ3n) is 11.5. The molecule has 1 saturated carbocycles. The monoisotopic (exact) mass is 592 g/mol. The van der Waals surface area contributed by atoms with E-state index in [1.54, 1.807) is 6.07 Å². The summed E-state index contributed by atoms with van der Waals surface area (Å²) in [6, 6.07) is 25.7. The molecular weight excluding hydrogens is 544 g/mol. The average molecular weight is 593 g/mol. The van der Waals surface area contributed by atoms with Crippen LogP contribution in [0.1, 0.15) is 67.2 Å². The quantitative estimate of drug-likeness (QED) is 0.159. The Hall–Kier alpha value is -3.12. The average Bonchev–Trinajstić information content (AvgIpc) is 3.41. The zero-order valence-corrected chi connectivity index (χ0v) is 26.0. The molecule has 2 aliphatic carbocycles. The van der Waals surface area contributed by atoms with Crippen LogP contribution in [0.2, 0.25) is 0 Å². The van der Waals surface area contributed by atoms with Gasteiger partial charge in [-0.05, 0) is 99.6 Å². The zero-order valence-electron chi connectivity index (χ0n) is 26.0. The summed E-state index contributed by atoms with van der Waals surface area (Å²) < 4.78 is 6.78. The molecule has 3 unspecified atom stereocenters. The Morgan fingerprint density at radius 2 is 1.70 bits per heavy atom. The highest BCUT2D eigenvalue weighted by molar-refractivity contribution is 5.62. The first-order valence-electron chi connectivity index (χ1n) is 16.9. The minimum absolute atomic E-state index is 0.0347. The molecule has 5 nitrogen and oxygen atoms in total. The maximum absolute atomic E-state index is 12.7. The molecule has 5 heteroatoms. The first-order valence-corrected chi connectivity index (χ1v) is 16.9. The van der Waals surface area contributed by atoms with Gasteiger partial charge in [-0.15, -0.1) is 6.58 Å². The van der Waals surface area contributed by atoms with E-state index in [4.69, 9.17) is 4.74 Å². The van der Waals surface area contributed by atoms with E-state index in [9.17, 15) is 10.2 Å². The highest BCUT2D eigenvalue weighted by Crippen LogP contribution is 2.65. The molecule has 3 aromatic carbocycles. The van der Waals surface area contributed by atoms with Crippen molar-refractivity contribution in [3.63, 3.8) is 0 Å². The highest BCUT2D eigenvalue weighted by Gasteiger charge is 2.72. The van der Waals surface area contributed by atoms with Gasteiger partial charge < -0.3 is 20.3 Å². The summed E-state index contributed by atoms with van der Waals surface area (Å²) in [5.41, 5.74) is 3.76. The first-order chi connectivity index (χ1) is 21.5. The molecule has 2 fully saturated rings. The smallest absolute Gasteiger partial charge is 0.165 e. The first kappa shape index (κ1) is 29.6. The number of ether oxygens (including phenoxy) is 1. The molecule has 1 saturated heterocycles. The van der Waals surface area contributed by atoms with Crippen molar-refractivity contribution < 1.29 is 14.9 Å². The summed E-state index contributed by atoms with van der Waals surface area (Å²) in [5.74, 6) is 1.39. The maximum atomic E-state index is 12.7. The van der Waals surface area contributed by atoms with Gasteiger partial charge in [-0.2, -0.15) is 0 Å². The van der Waals surface area contributed by atoms with Crippen molar-refractivity contribution in [1.82, 2.24) is 10.2 Å². The molecular formula is C39H48N2O3. The van der Waals surface area contributed by atoms with Crippen molar-refractivity contribution in [2.24, 2.45) is 5.92 Å². The number of rotatable bonds is 13. The van der Waals surface area contributed by atoms with Crippen molar-refractivity contribution in [2.75, 3.05) is 19.6 Å². The Kier molecular flexibility index (Phi) is 8.30. The van der Waals surface area contributed by atoms with E-state index >= 15 is 0 Å². The highest BCUT2D eigenvalue weighted by atomic mass is 16.5. The van der Waals surface area contributed by atoms with Gasteiger partial charge in [0.15, 0.2) is 11.5 Å². The summed E-state index contributed by atoms with van der Waals surface area (Å²) in [5, 5.41) is 27.6. The second-order valence-corrected chi connectivity index (χ2v) is 13.8. The Morgan fingerprint density at radius 1 is 0.955 bits per heavy atom. The number of phenolic OH excluding ortho intramolecular Hbond substituents is 1. The number of unbranched alkanes of at least 4 members (excludes halogenated alkanes) is 1. The Balaban J connectivity index is 1.09. The predicted molar refractivity (Wildman–Crippen MR) is 176 cm³/mol. The Bertz CT molecular complexity index is 1440. The van der Waals surface area contributed by atoms with Crippen LogP contribution in [0.3, 0.4) is 0 Å². The Labute approximate surface area is 263 Å². The van der Waals surface area contributed by atoms with Crippen molar-refractivity contribution in [3.8, 4) is 11.5 Å². The van der Waals surface area contributed by atoms with Gasteiger partial charge >= 0.3 is 0 Å². The number of nitrogens with zero attached hydrogens (tertiary/aromatic N) is 1. The minimum atomic E-state index is -0.882. The fraction of sp³-hybridized carbons (Fsp3) is 0.487. The summed E-state index contributed by atoms with van der Waals surface area (Å²) in [6.45, 7) is 6.63. The molecule has 0 radical (unpaired) electrons. The van der Waals surface area contributed by atoms with E-state index in [1.807, 2.05) is 6.08 Å². The lowest BCUT2D eigenvalue weighted by Gasteiger charge is -2.64. The van der Waals surface area contributed by atoms with Gasteiger partial charge in [-0.25, -0.2) is 0 Å². The zero-order chi connectivity index (χ0) is 30.1. The molecule has 2 heterocycles. The number of likely N-dealkylation sites (tertiary alicyclic amines) is 1. The lowest BCUT2D eigenvalue weighted by molar-refractivity contribution is -0.189. The van der Waals surface area contributed by atoms with Gasteiger partial charge in [0.1, 0.15) is 6.10 Å². The van der Waals surface area contributed by atoms with Gasteiger partial charge in [0, 0.05) is 24.2 Å².